The largest absolute Gasteiger partial charge is 0.482 e. The van der Waals surface area contributed by atoms with Crippen LogP contribution in [0.1, 0.15) is 17.8 Å². The van der Waals surface area contributed by atoms with E-state index in [1.165, 1.54) is 49.2 Å². The lowest BCUT2D eigenvalue weighted by atomic mass is 10.0. The Bertz CT molecular complexity index is 1890. The number of methoxy groups -OCH3 is 1. The van der Waals surface area contributed by atoms with Crippen LogP contribution >= 0.6 is 11.3 Å². The van der Waals surface area contributed by atoms with Gasteiger partial charge in [-0.3, -0.25) is 5.32 Å². The van der Waals surface area contributed by atoms with E-state index in [2.05, 4.69) is 30.2 Å². The zero-order chi connectivity index (χ0) is 31.0. The van der Waals surface area contributed by atoms with Gasteiger partial charge in [-0.2, -0.15) is 0 Å². The van der Waals surface area contributed by atoms with Gasteiger partial charge < -0.3 is 24.2 Å². The van der Waals surface area contributed by atoms with E-state index in [4.69, 9.17) is 14.2 Å². The fourth-order valence-electron chi connectivity index (χ4n) is 4.87. The molecule has 2 aromatic carbocycles. The number of likely N-dealkylation sites (tertiary alicyclic amines) is 1. The molecule has 15 heteroatoms. The van der Waals surface area contributed by atoms with Crippen molar-refractivity contribution in [1.29, 1.82) is 0 Å². The van der Waals surface area contributed by atoms with Crippen molar-refractivity contribution >= 4 is 50.5 Å². The first-order chi connectivity index (χ1) is 21.2. The third-order valence-electron chi connectivity index (χ3n) is 6.98. The quantitative estimate of drug-likeness (QED) is 0.257. The van der Waals surface area contributed by atoms with Crippen molar-refractivity contribution in [2.45, 2.75) is 32.5 Å². The van der Waals surface area contributed by atoms with Gasteiger partial charge in [0, 0.05) is 30.7 Å². The van der Waals surface area contributed by atoms with Crippen molar-refractivity contribution in [2.24, 2.45) is 0 Å². The van der Waals surface area contributed by atoms with Crippen LogP contribution in [0.4, 0.5) is 19.7 Å². The molecule has 13 nitrogen and oxygen atoms in total. The van der Waals surface area contributed by atoms with Crippen LogP contribution in [0.25, 0.3) is 31.8 Å². The van der Waals surface area contributed by atoms with Gasteiger partial charge in [-0.25, -0.2) is 38.9 Å². The number of carbonyl (C=O) groups excluding carboxylic acids is 1. The van der Waals surface area contributed by atoms with Crippen molar-refractivity contribution in [1.82, 2.24) is 29.8 Å². The summed E-state index contributed by atoms with van der Waals surface area (Å²) < 4.78 is 32.8. The van der Waals surface area contributed by atoms with Gasteiger partial charge in [0.2, 0.25) is 5.88 Å². The number of ether oxygens (including phenoxy) is 3. The minimum Gasteiger partial charge on any atom is -0.482 e. The lowest BCUT2D eigenvalue weighted by Crippen LogP contribution is -2.52. The number of carbonyl (C=O) groups is 2. The van der Waals surface area contributed by atoms with Crippen LogP contribution in [0.5, 0.6) is 11.6 Å². The number of anilines is 1. The van der Waals surface area contributed by atoms with E-state index in [9.17, 15) is 14.7 Å². The zero-order valence-corrected chi connectivity index (χ0v) is 24.6. The van der Waals surface area contributed by atoms with Crippen molar-refractivity contribution in [3.63, 3.8) is 0 Å². The highest BCUT2D eigenvalue weighted by molar-refractivity contribution is 7.21. The van der Waals surface area contributed by atoms with Crippen LogP contribution in [0.3, 0.4) is 0 Å². The number of benzene rings is 2. The number of nitrogens with zero attached hydrogens (tertiary/aromatic N) is 6. The Morgan fingerprint density at radius 3 is 2.59 bits per heavy atom. The summed E-state index contributed by atoms with van der Waals surface area (Å²) in [6, 6.07) is 6.60. The van der Waals surface area contributed by atoms with Crippen LogP contribution in [0.2, 0.25) is 0 Å². The minimum atomic E-state index is -1.16. The summed E-state index contributed by atoms with van der Waals surface area (Å²) in [5.74, 6) is 0.104. The molecule has 0 spiro atoms. The van der Waals surface area contributed by atoms with E-state index in [1.807, 2.05) is 19.1 Å². The van der Waals surface area contributed by atoms with Gasteiger partial charge in [0.1, 0.15) is 16.9 Å². The van der Waals surface area contributed by atoms with Gasteiger partial charge in [0.05, 0.1) is 59.2 Å². The number of fused-ring (bicyclic) bond motifs is 2. The van der Waals surface area contributed by atoms with E-state index in [-0.39, 0.29) is 25.3 Å². The minimum absolute atomic E-state index is 0.111. The summed E-state index contributed by atoms with van der Waals surface area (Å²) in [6.45, 7) is 3.62. The molecule has 1 aliphatic rings. The van der Waals surface area contributed by atoms with Gasteiger partial charge in [-0.15, -0.1) is 11.3 Å². The lowest BCUT2D eigenvalue weighted by molar-refractivity contribution is -0.0264. The van der Waals surface area contributed by atoms with Crippen molar-refractivity contribution in [3.8, 4) is 22.2 Å². The normalized spacial score (nSPS) is 16.6. The topological polar surface area (TPSA) is 162 Å². The molecule has 4 heterocycles. The molecule has 0 radical (unpaired) electrons. The molecule has 226 valence electrons. The summed E-state index contributed by atoms with van der Waals surface area (Å²) in [6.07, 6.45) is 0.737. The molecule has 6 rings (SSSR count). The molecule has 1 fully saturated rings. The first kappa shape index (κ1) is 28.9. The number of aryl methyl sites for hydroxylation is 2. The number of nitrogens with one attached hydrogen (secondary N) is 1. The molecule has 0 aliphatic carbocycles. The van der Waals surface area contributed by atoms with E-state index < -0.39 is 30.2 Å². The number of hydrogen-bond donors (Lipinski definition) is 2. The molecule has 3 aromatic heterocycles. The average molecular weight is 620 g/mol. The SMILES string of the molecule is COc1cnc2c(-c3nc4cc(F)c(OC5CN(C(=O)O)CCC5OC(=O)Nc5cnc(C)nc5)cc4s3)cc(C)cc2n1. The Labute approximate surface area is 253 Å². The standard InChI is InChI=1S/C29H26FN7O6S/c1-14-6-17(26-20(7-14)35-25(41-3)12-33-26)27-36-19-8-18(30)22(9-24(19)44-27)42-23-13-37(29(39)40)5-4-21(23)43-28(38)34-16-10-31-15(2)32-11-16/h6-12,21,23H,4-5,13H2,1-3H3,(H,34,38)(H,39,40). The smallest absolute Gasteiger partial charge is 0.412 e. The van der Waals surface area contributed by atoms with Crippen molar-refractivity contribution in [3.05, 3.63) is 60.1 Å². The van der Waals surface area contributed by atoms with E-state index in [0.29, 0.717) is 43.6 Å². The molecule has 5 aromatic rings. The summed E-state index contributed by atoms with van der Waals surface area (Å²) >= 11 is 1.32. The Morgan fingerprint density at radius 1 is 1.05 bits per heavy atom. The first-order valence-corrected chi connectivity index (χ1v) is 14.3. The van der Waals surface area contributed by atoms with Crippen LogP contribution in [0.15, 0.2) is 42.9 Å². The molecule has 2 amide bonds. The number of piperidine rings is 1. The van der Waals surface area contributed by atoms with Gasteiger partial charge in [0.25, 0.3) is 0 Å². The molecule has 1 aliphatic heterocycles. The monoisotopic (exact) mass is 619 g/mol. The number of halogens is 1. The van der Waals surface area contributed by atoms with Gasteiger partial charge in [-0.05, 0) is 31.5 Å². The third-order valence-corrected chi connectivity index (χ3v) is 8.04. The van der Waals surface area contributed by atoms with Crippen LogP contribution in [-0.4, -0.2) is 79.5 Å². The number of thiazole rings is 1. The highest BCUT2D eigenvalue weighted by Crippen LogP contribution is 2.37. The second-order valence-electron chi connectivity index (χ2n) is 10.1. The molecule has 44 heavy (non-hydrogen) atoms. The molecule has 0 saturated carbocycles. The first-order valence-electron chi connectivity index (χ1n) is 13.5. The van der Waals surface area contributed by atoms with Crippen LogP contribution in [0, 0.1) is 19.7 Å². The highest BCUT2D eigenvalue weighted by Gasteiger charge is 2.36. The molecule has 2 atom stereocenters. The molecule has 0 bridgehead atoms. The second kappa shape index (κ2) is 11.8. The maximum Gasteiger partial charge on any atom is 0.412 e. The molecular formula is C29H26FN7O6S. The summed E-state index contributed by atoms with van der Waals surface area (Å²) in [5, 5.41) is 12.7. The Balaban J connectivity index is 1.27. The second-order valence-corrected chi connectivity index (χ2v) is 11.2. The van der Waals surface area contributed by atoms with Crippen LogP contribution < -0.4 is 14.8 Å². The third kappa shape index (κ3) is 5.99. The van der Waals surface area contributed by atoms with Crippen molar-refractivity contribution in [2.75, 3.05) is 25.5 Å². The van der Waals surface area contributed by atoms with E-state index in [0.717, 1.165) is 16.0 Å². The van der Waals surface area contributed by atoms with Gasteiger partial charge in [-0.1, -0.05) is 0 Å². The highest BCUT2D eigenvalue weighted by atomic mass is 32.1. The number of hydrogen-bond acceptors (Lipinski definition) is 11. The zero-order valence-electron chi connectivity index (χ0n) is 23.8. The predicted molar refractivity (Wildman–Crippen MR) is 159 cm³/mol. The Morgan fingerprint density at radius 2 is 1.84 bits per heavy atom. The molecule has 2 unspecified atom stereocenters. The fraction of sp³-hybridized carbons (Fsp3) is 0.276. The maximum absolute atomic E-state index is 15.4. The molecule has 1 saturated heterocycles. The Hall–Kier alpha value is -5.18. The summed E-state index contributed by atoms with van der Waals surface area (Å²) in [4.78, 5) is 47.2. The Kier molecular flexibility index (Phi) is 7.78. The number of rotatable bonds is 6. The number of aromatic nitrogens is 5. The number of carboxylic acid groups (broad SMARTS) is 1. The average Bonchev–Trinajstić information content (AvgIpc) is 3.40. The summed E-state index contributed by atoms with van der Waals surface area (Å²) in [7, 11) is 1.52. The summed E-state index contributed by atoms with van der Waals surface area (Å²) in [5.41, 5.74) is 3.68. The van der Waals surface area contributed by atoms with Gasteiger partial charge in [0.15, 0.2) is 17.7 Å². The molecule has 2 N–H and O–H groups in total. The fourth-order valence-corrected chi connectivity index (χ4v) is 5.86. The number of amides is 2. The van der Waals surface area contributed by atoms with Crippen LogP contribution in [-0.2, 0) is 4.74 Å². The lowest BCUT2D eigenvalue weighted by Gasteiger charge is -2.36. The maximum atomic E-state index is 15.4. The predicted octanol–water partition coefficient (Wildman–Crippen LogP) is 5.21. The van der Waals surface area contributed by atoms with Gasteiger partial charge >= 0.3 is 12.2 Å². The van der Waals surface area contributed by atoms with E-state index >= 15 is 4.39 Å². The molecular weight excluding hydrogens is 593 g/mol. The van der Waals surface area contributed by atoms with E-state index in [1.54, 1.807) is 6.92 Å². The van der Waals surface area contributed by atoms with Crippen molar-refractivity contribution < 1.29 is 33.3 Å².